The molecule has 10 heteroatoms. The van der Waals surface area contributed by atoms with E-state index in [-0.39, 0.29) is 19.6 Å². The van der Waals surface area contributed by atoms with Gasteiger partial charge in [-0.05, 0) is 19.3 Å². The lowest BCUT2D eigenvalue weighted by Crippen LogP contribution is -2.58. The molecule has 0 saturated carbocycles. The monoisotopic (exact) mass is 338 g/mol. The van der Waals surface area contributed by atoms with Crippen molar-refractivity contribution in [3.05, 3.63) is 0 Å². The van der Waals surface area contributed by atoms with E-state index < -0.39 is 48.6 Å². The van der Waals surface area contributed by atoms with Crippen LogP contribution in [0.3, 0.4) is 0 Å². The number of aliphatic hydroxyl groups is 4. The summed E-state index contributed by atoms with van der Waals surface area (Å²) >= 11 is 0. The zero-order valence-electron chi connectivity index (χ0n) is 12.3. The second-order valence-corrected chi connectivity index (χ2v) is 5.34. The van der Waals surface area contributed by atoms with Crippen LogP contribution in [0.2, 0.25) is 0 Å². The Morgan fingerprint density at radius 1 is 0.957 bits per heavy atom. The Kier molecular flexibility index (Phi) is 7.82. The molecule has 0 bridgehead atoms. The van der Waals surface area contributed by atoms with Crippen LogP contribution in [0.5, 0.6) is 0 Å². The first-order valence-electron chi connectivity index (χ1n) is 7.16. The van der Waals surface area contributed by atoms with Gasteiger partial charge in [-0.3, -0.25) is 9.59 Å². The molecule has 0 spiro atoms. The summed E-state index contributed by atoms with van der Waals surface area (Å²) in [6.45, 7) is 0.0105. The van der Waals surface area contributed by atoms with Crippen molar-refractivity contribution in [1.29, 1.82) is 0 Å². The molecule has 0 aromatic heterocycles. The average molecular weight is 338 g/mol. The number of unbranched alkanes of at least 4 members (excludes halogenated alkanes) is 1. The van der Waals surface area contributed by atoms with Crippen molar-refractivity contribution in [1.82, 2.24) is 0 Å². The van der Waals surface area contributed by atoms with E-state index in [4.69, 9.17) is 19.7 Å². The van der Waals surface area contributed by atoms with E-state index in [1.54, 1.807) is 0 Å². The van der Waals surface area contributed by atoms with Crippen molar-refractivity contribution in [3.63, 3.8) is 0 Å². The molecule has 1 heterocycles. The number of ether oxygens (including phenoxy) is 2. The largest absolute Gasteiger partial charge is 0.481 e. The molecule has 1 aliphatic rings. The first kappa shape index (κ1) is 19.7. The van der Waals surface area contributed by atoms with Gasteiger partial charge in [0.15, 0.2) is 12.2 Å². The van der Waals surface area contributed by atoms with Gasteiger partial charge in [-0.25, -0.2) is 0 Å². The quantitative estimate of drug-likeness (QED) is 0.199. The molecule has 0 aromatic carbocycles. The van der Waals surface area contributed by atoms with E-state index in [1.165, 1.54) is 0 Å². The summed E-state index contributed by atoms with van der Waals surface area (Å²) in [6.07, 6.45) is -6.54. The molecule has 10 nitrogen and oxygen atoms in total. The molecule has 6 N–H and O–H groups in total. The summed E-state index contributed by atoms with van der Waals surface area (Å²) in [4.78, 5) is 21.3. The minimum atomic E-state index is -1.63. The Hall–Kier alpha value is -1.30. The minimum Gasteiger partial charge on any atom is -0.481 e. The number of carboxylic acids is 2. The van der Waals surface area contributed by atoms with Gasteiger partial charge >= 0.3 is 11.9 Å². The molecule has 23 heavy (non-hydrogen) atoms. The number of rotatable bonds is 9. The molecule has 1 aliphatic heterocycles. The predicted octanol–water partition coefficient (Wildman–Crippen LogP) is -2.24. The third kappa shape index (κ3) is 5.68. The van der Waals surface area contributed by atoms with Gasteiger partial charge in [0, 0.05) is 6.61 Å². The standard InChI is InChI=1S/C13H22O10/c14-8-7(23-13(21)10(16)9(8)15)5-22-4-2-1-3-6(11(17)18)12(19)20/h6-10,13-16,21H,1-5H2,(H,17,18)(H,19,20)/t7-,8+,9+,10-,13?/m1/s1. The summed E-state index contributed by atoms with van der Waals surface area (Å²) in [5.41, 5.74) is 0. The van der Waals surface area contributed by atoms with Crippen LogP contribution in [0.4, 0.5) is 0 Å². The van der Waals surface area contributed by atoms with E-state index in [9.17, 15) is 30.0 Å². The minimum absolute atomic E-state index is 0.0276. The summed E-state index contributed by atoms with van der Waals surface area (Å²) in [7, 11) is 0. The fraction of sp³-hybridized carbons (Fsp3) is 0.846. The molecule has 1 rings (SSSR count). The molecule has 0 amide bonds. The number of aliphatic hydroxyl groups excluding tert-OH is 4. The van der Waals surface area contributed by atoms with E-state index >= 15 is 0 Å². The van der Waals surface area contributed by atoms with Gasteiger partial charge in [-0.15, -0.1) is 0 Å². The molecule has 1 saturated heterocycles. The summed E-state index contributed by atoms with van der Waals surface area (Å²) in [5, 5.41) is 55.2. The second kappa shape index (κ2) is 9.11. The highest BCUT2D eigenvalue weighted by atomic mass is 16.6. The molecule has 1 fully saturated rings. The third-order valence-electron chi connectivity index (χ3n) is 3.60. The number of carbonyl (C=O) groups is 2. The molecular weight excluding hydrogens is 316 g/mol. The fourth-order valence-electron chi connectivity index (χ4n) is 2.17. The highest BCUT2D eigenvalue weighted by molar-refractivity contribution is 5.92. The van der Waals surface area contributed by atoms with Gasteiger partial charge in [0.2, 0.25) is 0 Å². The van der Waals surface area contributed by atoms with Gasteiger partial charge in [0.1, 0.15) is 24.4 Å². The van der Waals surface area contributed by atoms with Crippen molar-refractivity contribution < 1.29 is 49.7 Å². The molecule has 0 radical (unpaired) electrons. The van der Waals surface area contributed by atoms with Crippen molar-refractivity contribution in [2.45, 2.75) is 50.0 Å². The van der Waals surface area contributed by atoms with Crippen LogP contribution < -0.4 is 0 Å². The Balaban J connectivity index is 2.22. The van der Waals surface area contributed by atoms with E-state index in [1.807, 2.05) is 0 Å². The predicted molar refractivity (Wildman–Crippen MR) is 72.3 cm³/mol. The number of hydrogen-bond acceptors (Lipinski definition) is 8. The maximum atomic E-state index is 10.7. The Labute approximate surface area is 131 Å². The normalized spacial score (nSPS) is 31.3. The first-order chi connectivity index (χ1) is 10.8. The van der Waals surface area contributed by atoms with Crippen LogP contribution in [0.15, 0.2) is 0 Å². The highest BCUT2D eigenvalue weighted by Crippen LogP contribution is 2.20. The summed E-state index contributed by atoms with van der Waals surface area (Å²) in [6, 6.07) is 0. The molecule has 0 aliphatic carbocycles. The molecule has 5 atom stereocenters. The van der Waals surface area contributed by atoms with Crippen LogP contribution in [0.1, 0.15) is 19.3 Å². The number of hydrogen-bond donors (Lipinski definition) is 6. The number of carboxylic acid groups (broad SMARTS) is 2. The lowest BCUT2D eigenvalue weighted by Gasteiger charge is -2.38. The summed E-state index contributed by atoms with van der Waals surface area (Å²) in [5.74, 6) is -4.23. The van der Waals surface area contributed by atoms with Crippen molar-refractivity contribution >= 4 is 11.9 Å². The maximum absolute atomic E-state index is 10.7. The third-order valence-corrected chi connectivity index (χ3v) is 3.60. The van der Waals surface area contributed by atoms with Crippen LogP contribution in [-0.2, 0) is 19.1 Å². The lowest BCUT2D eigenvalue weighted by molar-refractivity contribution is -0.288. The van der Waals surface area contributed by atoms with Crippen LogP contribution in [-0.4, -0.2) is 86.5 Å². The second-order valence-electron chi connectivity index (χ2n) is 5.34. The molecular formula is C13H22O10. The molecule has 1 unspecified atom stereocenters. The topological polar surface area (TPSA) is 174 Å². The highest BCUT2D eigenvalue weighted by Gasteiger charge is 2.42. The van der Waals surface area contributed by atoms with E-state index in [0.29, 0.717) is 12.8 Å². The maximum Gasteiger partial charge on any atom is 0.317 e. The van der Waals surface area contributed by atoms with Gasteiger partial charge in [-0.2, -0.15) is 0 Å². The smallest absolute Gasteiger partial charge is 0.317 e. The zero-order valence-corrected chi connectivity index (χ0v) is 12.3. The Bertz CT molecular complexity index is 386. The Morgan fingerprint density at radius 2 is 1.57 bits per heavy atom. The zero-order chi connectivity index (χ0) is 17.6. The van der Waals surface area contributed by atoms with Crippen LogP contribution >= 0.6 is 0 Å². The average Bonchev–Trinajstić information content (AvgIpc) is 2.48. The van der Waals surface area contributed by atoms with Crippen LogP contribution in [0, 0.1) is 5.92 Å². The molecule has 0 aromatic rings. The van der Waals surface area contributed by atoms with Gasteiger partial charge in [0.25, 0.3) is 0 Å². The van der Waals surface area contributed by atoms with Crippen molar-refractivity contribution in [2.24, 2.45) is 5.92 Å². The van der Waals surface area contributed by atoms with Gasteiger partial charge in [0.05, 0.1) is 6.61 Å². The first-order valence-corrected chi connectivity index (χ1v) is 7.16. The number of aliphatic carboxylic acids is 2. The van der Waals surface area contributed by atoms with Gasteiger partial charge in [-0.1, -0.05) is 0 Å². The SMILES string of the molecule is O=C(O)C(CCCCOC[C@H]1OC(O)[C@H](O)[C@@H](O)[C@H]1O)C(=O)O. The van der Waals surface area contributed by atoms with Crippen LogP contribution in [0.25, 0.3) is 0 Å². The lowest BCUT2D eigenvalue weighted by atomic mass is 9.99. The Morgan fingerprint density at radius 3 is 2.13 bits per heavy atom. The van der Waals surface area contributed by atoms with E-state index in [2.05, 4.69) is 0 Å². The van der Waals surface area contributed by atoms with Gasteiger partial charge < -0.3 is 40.1 Å². The van der Waals surface area contributed by atoms with E-state index in [0.717, 1.165) is 0 Å². The molecule has 134 valence electrons. The summed E-state index contributed by atoms with van der Waals surface area (Å²) < 4.78 is 10.1. The fourth-order valence-corrected chi connectivity index (χ4v) is 2.17. The van der Waals surface area contributed by atoms with Crippen molar-refractivity contribution in [2.75, 3.05) is 13.2 Å². The van der Waals surface area contributed by atoms with Crippen molar-refractivity contribution in [3.8, 4) is 0 Å².